The summed E-state index contributed by atoms with van der Waals surface area (Å²) in [6, 6.07) is 7.48. The molecule has 4 amide bonds. The molecule has 0 spiro atoms. The van der Waals surface area contributed by atoms with Gasteiger partial charge in [-0.25, -0.2) is 9.59 Å². The summed E-state index contributed by atoms with van der Waals surface area (Å²) in [6.45, 7) is 5.72. The Morgan fingerprint density at radius 3 is 2.44 bits per heavy atom. The van der Waals surface area contributed by atoms with E-state index in [9.17, 15) is 24.0 Å². The number of alkyl carbamates (subject to hydrolysis) is 1. The molecule has 1 fully saturated rings. The number of likely N-dealkylation sites (tertiary alicyclic amines) is 1. The predicted octanol–water partition coefficient (Wildman–Crippen LogP) is 2.26. The normalized spacial score (nSPS) is 15.6. The Bertz CT molecular complexity index is 980. The first kappa shape index (κ1) is 31.4. The standard InChI is InChI=1S/C27H40N4O8/c1-27(2,3)39-25(35)28-15-9-8-13-20(23(33)29-17-22(32)37-4)30-24(34)21-14-10-16-31(21)26(36)38-18-19-11-6-5-7-12-19/h5-7,11-12,20-21H,8-10,13-18H2,1-4H3,(H,28,35)(H,29,33)(H,30,34)/t20-,21-/m0/s1. The van der Waals surface area contributed by atoms with Crippen LogP contribution in [0.15, 0.2) is 30.3 Å². The van der Waals surface area contributed by atoms with E-state index in [0.29, 0.717) is 38.8 Å². The molecule has 0 aromatic heterocycles. The van der Waals surface area contributed by atoms with Crippen LogP contribution in [-0.4, -0.2) is 79.3 Å². The topological polar surface area (TPSA) is 152 Å². The first-order valence-corrected chi connectivity index (χ1v) is 13.1. The summed E-state index contributed by atoms with van der Waals surface area (Å²) in [5, 5.41) is 7.84. The van der Waals surface area contributed by atoms with Crippen molar-refractivity contribution in [1.29, 1.82) is 0 Å². The van der Waals surface area contributed by atoms with Crippen LogP contribution >= 0.6 is 0 Å². The van der Waals surface area contributed by atoms with Gasteiger partial charge in [-0.3, -0.25) is 19.3 Å². The highest BCUT2D eigenvalue weighted by atomic mass is 16.6. The number of hydrogen-bond acceptors (Lipinski definition) is 8. The minimum Gasteiger partial charge on any atom is -0.468 e. The SMILES string of the molecule is COC(=O)CNC(=O)[C@H](CCCCNC(=O)OC(C)(C)C)NC(=O)[C@@H]1CCCN1C(=O)OCc1ccccc1. The van der Waals surface area contributed by atoms with Crippen molar-refractivity contribution in [3.63, 3.8) is 0 Å². The van der Waals surface area contributed by atoms with E-state index in [1.54, 1.807) is 20.8 Å². The quantitative estimate of drug-likeness (QED) is 0.204. The molecule has 1 aromatic carbocycles. The number of rotatable bonds is 12. The van der Waals surface area contributed by atoms with Gasteiger partial charge in [0.1, 0.15) is 30.8 Å². The highest BCUT2D eigenvalue weighted by Gasteiger charge is 2.36. The van der Waals surface area contributed by atoms with Crippen LogP contribution in [0.1, 0.15) is 58.4 Å². The fraction of sp³-hybridized carbons (Fsp3) is 0.593. The van der Waals surface area contributed by atoms with E-state index in [1.807, 2.05) is 30.3 Å². The van der Waals surface area contributed by atoms with Crippen LogP contribution in [0.2, 0.25) is 0 Å². The molecule has 1 aromatic rings. The minimum atomic E-state index is -0.952. The van der Waals surface area contributed by atoms with Gasteiger partial charge in [-0.2, -0.15) is 0 Å². The van der Waals surface area contributed by atoms with E-state index in [0.717, 1.165) is 5.56 Å². The van der Waals surface area contributed by atoms with Crippen molar-refractivity contribution in [2.75, 3.05) is 26.7 Å². The van der Waals surface area contributed by atoms with Gasteiger partial charge in [-0.1, -0.05) is 30.3 Å². The number of nitrogens with one attached hydrogen (secondary N) is 3. The number of amides is 4. The van der Waals surface area contributed by atoms with Gasteiger partial charge in [-0.15, -0.1) is 0 Å². The number of carbonyl (C=O) groups is 5. The highest BCUT2D eigenvalue weighted by Crippen LogP contribution is 2.20. The summed E-state index contributed by atoms with van der Waals surface area (Å²) >= 11 is 0. The molecule has 3 N–H and O–H groups in total. The summed E-state index contributed by atoms with van der Waals surface area (Å²) in [5.41, 5.74) is 0.216. The molecule has 2 atom stereocenters. The first-order chi connectivity index (χ1) is 18.5. The lowest BCUT2D eigenvalue weighted by Gasteiger charge is -2.26. The molecule has 0 saturated carbocycles. The maximum absolute atomic E-state index is 13.1. The molecule has 0 unspecified atom stereocenters. The number of nitrogens with zero attached hydrogens (tertiary/aromatic N) is 1. The molecule has 216 valence electrons. The van der Waals surface area contributed by atoms with E-state index < -0.39 is 47.7 Å². The Hall–Kier alpha value is -3.83. The zero-order chi connectivity index (χ0) is 28.8. The molecule has 12 heteroatoms. The van der Waals surface area contributed by atoms with Gasteiger partial charge in [0, 0.05) is 13.1 Å². The van der Waals surface area contributed by atoms with Crippen LogP contribution in [0.4, 0.5) is 9.59 Å². The van der Waals surface area contributed by atoms with E-state index >= 15 is 0 Å². The Balaban J connectivity index is 1.92. The number of hydrogen-bond donors (Lipinski definition) is 3. The lowest BCUT2D eigenvalue weighted by Crippen LogP contribution is -2.53. The van der Waals surface area contributed by atoms with Crippen LogP contribution in [0.25, 0.3) is 0 Å². The molecule has 1 aliphatic heterocycles. The van der Waals surface area contributed by atoms with Gasteiger partial charge in [-0.05, 0) is 58.4 Å². The second-order valence-corrected chi connectivity index (χ2v) is 10.2. The largest absolute Gasteiger partial charge is 0.468 e. The predicted molar refractivity (Wildman–Crippen MR) is 141 cm³/mol. The molecule has 1 heterocycles. The fourth-order valence-corrected chi connectivity index (χ4v) is 3.93. The average molecular weight is 549 g/mol. The van der Waals surface area contributed by atoms with Crippen molar-refractivity contribution >= 4 is 30.0 Å². The molecule has 0 radical (unpaired) electrons. The second-order valence-electron chi connectivity index (χ2n) is 10.2. The van der Waals surface area contributed by atoms with E-state index in [1.165, 1.54) is 12.0 Å². The number of unbranched alkanes of at least 4 members (excludes halogenated alkanes) is 1. The zero-order valence-electron chi connectivity index (χ0n) is 23.1. The van der Waals surface area contributed by atoms with Crippen molar-refractivity contribution in [3.8, 4) is 0 Å². The third-order valence-electron chi connectivity index (χ3n) is 5.85. The Morgan fingerprint density at radius 1 is 1.05 bits per heavy atom. The number of methoxy groups -OCH3 is 1. The van der Waals surface area contributed by atoms with Crippen molar-refractivity contribution in [3.05, 3.63) is 35.9 Å². The fourth-order valence-electron chi connectivity index (χ4n) is 3.93. The van der Waals surface area contributed by atoms with Crippen molar-refractivity contribution < 1.29 is 38.2 Å². The summed E-state index contributed by atoms with van der Waals surface area (Å²) < 4.78 is 15.1. The van der Waals surface area contributed by atoms with Crippen molar-refractivity contribution in [2.24, 2.45) is 0 Å². The van der Waals surface area contributed by atoms with Gasteiger partial charge in [0.25, 0.3) is 0 Å². The maximum atomic E-state index is 13.1. The van der Waals surface area contributed by atoms with E-state index in [2.05, 4.69) is 20.7 Å². The molecule has 0 bridgehead atoms. The molecular formula is C27H40N4O8. The number of carbonyl (C=O) groups excluding carboxylic acids is 5. The monoisotopic (exact) mass is 548 g/mol. The molecule has 1 aliphatic rings. The van der Waals surface area contributed by atoms with Gasteiger partial charge in [0.2, 0.25) is 11.8 Å². The smallest absolute Gasteiger partial charge is 0.410 e. The number of ether oxygens (including phenoxy) is 3. The maximum Gasteiger partial charge on any atom is 0.410 e. The number of esters is 1. The summed E-state index contributed by atoms with van der Waals surface area (Å²) in [7, 11) is 1.21. The number of benzene rings is 1. The van der Waals surface area contributed by atoms with E-state index in [4.69, 9.17) is 9.47 Å². The Kier molecular flexibility index (Phi) is 12.5. The van der Waals surface area contributed by atoms with Gasteiger partial charge in [0.05, 0.1) is 7.11 Å². The average Bonchev–Trinajstić information content (AvgIpc) is 3.39. The third kappa shape index (κ3) is 11.6. The second kappa shape index (κ2) is 15.6. The third-order valence-corrected chi connectivity index (χ3v) is 5.85. The molecule has 12 nitrogen and oxygen atoms in total. The Morgan fingerprint density at radius 2 is 1.77 bits per heavy atom. The lowest BCUT2D eigenvalue weighted by molar-refractivity contribution is -0.141. The summed E-state index contributed by atoms with van der Waals surface area (Å²) in [5.74, 6) is -1.66. The molecule has 1 saturated heterocycles. The minimum absolute atomic E-state index is 0.0837. The Labute approximate surface area is 229 Å². The summed E-state index contributed by atoms with van der Waals surface area (Å²) in [6.07, 6.45) is 1.17. The highest BCUT2D eigenvalue weighted by molar-refractivity contribution is 5.92. The van der Waals surface area contributed by atoms with Crippen LogP contribution in [-0.2, 0) is 35.2 Å². The van der Waals surface area contributed by atoms with Crippen molar-refractivity contribution in [1.82, 2.24) is 20.9 Å². The van der Waals surface area contributed by atoms with Crippen molar-refractivity contribution in [2.45, 2.75) is 77.2 Å². The molecule has 39 heavy (non-hydrogen) atoms. The zero-order valence-corrected chi connectivity index (χ0v) is 23.1. The van der Waals surface area contributed by atoms with Crippen LogP contribution in [0.3, 0.4) is 0 Å². The van der Waals surface area contributed by atoms with Gasteiger partial charge in [0.15, 0.2) is 0 Å². The lowest BCUT2D eigenvalue weighted by atomic mass is 10.1. The van der Waals surface area contributed by atoms with Crippen LogP contribution in [0, 0.1) is 0 Å². The van der Waals surface area contributed by atoms with Gasteiger partial charge < -0.3 is 30.2 Å². The summed E-state index contributed by atoms with van der Waals surface area (Å²) in [4.78, 5) is 63.3. The van der Waals surface area contributed by atoms with Crippen LogP contribution < -0.4 is 16.0 Å². The van der Waals surface area contributed by atoms with E-state index in [-0.39, 0.29) is 19.6 Å². The molecule has 0 aliphatic carbocycles. The molecular weight excluding hydrogens is 508 g/mol. The molecule has 2 rings (SSSR count). The van der Waals surface area contributed by atoms with Crippen LogP contribution in [0.5, 0.6) is 0 Å². The van der Waals surface area contributed by atoms with Gasteiger partial charge >= 0.3 is 18.2 Å². The first-order valence-electron chi connectivity index (χ1n) is 13.1.